The summed E-state index contributed by atoms with van der Waals surface area (Å²) in [7, 11) is 0. The summed E-state index contributed by atoms with van der Waals surface area (Å²) in [6.45, 7) is 0. The molecule has 0 atom stereocenters. The molecule has 0 bridgehead atoms. The lowest BCUT2D eigenvalue weighted by Crippen LogP contribution is -2.34. The van der Waals surface area contributed by atoms with Crippen molar-refractivity contribution in [2.24, 2.45) is 5.73 Å². The summed E-state index contributed by atoms with van der Waals surface area (Å²) in [5, 5.41) is 6.28. The summed E-state index contributed by atoms with van der Waals surface area (Å²) in [5.41, 5.74) is 4.94. The molecule has 0 saturated heterocycles. The van der Waals surface area contributed by atoms with Crippen LogP contribution in [0.25, 0.3) is 0 Å². The number of rotatable bonds is 1. The Kier molecular flexibility index (Phi) is 2.59. The second-order valence-electron chi connectivity index (χ2n) is 2.34. The first-order valence-electron chi connectivity index (χ1n) is 3.52. The average Bonchev–Trinajstić information content (AvgIpc) is 2.17. The van der Waals surface area contributed by atoms with Crippen LogP contribution >= 0.6 is 0 Å². The smallest absolute Gasteiger partial charge is 0.289 e. The number of halogens is 1. The zero-order chi connectivity index (χ0) is 9.84. The van der Waals surface area contributed by atoms with Crippen LogP contribution in [-0.2, 0) is 0 Å². The van der Waals surface area contributed by atoms with E-state index in [0.717, 1.165) is 0 Å². The van der Waals surface area contributed by atoms with Gasteiger partial charge in [-0.1, -0.05) is 22.7 Å². The highest BCUT2D eigenvalue weighted by molar-refractivity contribution is 6.03. The van der Waals surface area contributed by atoms with Gasteiger partial charge in [0.15, 0.2) is 0 Å². The van der Waals surface area contributed by atoms with Crippen LogP contribution in [-0.4, -0.2) is 17.0 Å². The highest BCUT2D eigenvalue weighted by Gasteiger charge is 2.16. The number of nitrogens with two attached hydrogens (primary N) is 1. The van der Waals surface area contributed by atoms with Gasteiger partial charge in [-0.2, -0.15) is 0 Å². The van der Waals surface area contributed by atoms with E-state index in [4.69, 9.17) is 11.1 Å². The number of nitrogens with zero attached hydrogens (tertiary/aromatic N) is 1. The zero-order valence-corrected chi connectivity index (χ0v) is 6.70. The summed E-state index contributed by atoms with van der Waals surface area (Å²) < 4.78 is 12.7. The standard InChI is InChI=1S/C8H8FN3O/c9-12(8(10)11)7(13)6-4-2-1-3-5-6/h1-5H,(H3,10,11). The van der Waals surface area contributed by atoms with Crippen molar-refractivity contribution < 1.29 is 9.28 Å². The molecule has 0 heterocycles. The van der Waals surface area contributed by atoms with E-state index in [0.29, 0.717) is 0 Å². The lowest BCUT2D eigenvalue weighted by Gasteiger charge is -2.08. The van der Waals surface area contributed by atoms with Gasteiger partial charge in [0, 0.05) is 5.56 Å². The fourth-order valence-electron chi connectivity index (χ4n) is 0.803. The van der Waals surface area contributed by atoms with E-state index in [1.54, 1.807) is 18.2 Å². The Labute approximate surface area is 74.2 Å². The maximum Gasteiger partial charge on any atom is 0.289 e. The molecule has 0 aromatic heterocycles. The lowest BCUT2D eigenvalue weighted by molar-refractivity contribution is 0.0529. The van der Waals surface area contributed by atoms with Gasteiger partial charge in [-0.05, 0) is 12.1 Å². The lowest BCUT2D eigenvalue weighted by atomic mass is 10.2. The quantitative estimate of drug-likeness (QED) is 0.384. The first kappa shape index (κ1) is 9.18. The maximum absolute atomic E-state index is 12.7. The molecule has 1 rings (SSSR count). The van der Waals surface area contributed by atoms with Gasteiger partial charge < -0.3 is 5.73 Å². The molecule has 0 aliphatic heterocycles. The summed E-state index contributed by atoms with van der Waals surface area (Å²) in [5.74, 6) is -1.86. The average molecular weight is 181 g/mol. The Morgan fingerprint density at radius 1 is 1.38 bits per heavy atom. The third-order valence-corrected chi connectivity index (χ3v) is 1.41. The minimum atomic E-state index is -0.937. The number of carbonyl (C=O) groups excluding carboxylic acids is 1. The molecule has 0 aliphatic rings. The molecule has 0 spiro atoms. The molecule has 5 heteroatoms. The molecule has 1 amide bonds. The van der Waals surface area contributed by atoms with Crippen molar-refractivity contribution in [3.63, 3.8) is 0 Å². The van der Waals surface area contributed by atoms with Crippen LogP contribution in [0.4, 0.5) is 4.48 Å². The molecule has 0 fully saturated rings. The summed E-state index contributed by atoms with van der Waals surface area (Å²) in [4.78, 5) is 11.1. The molecule has 3 N–H and O–H groups in total. The van der Waals surface area contributed by atoms with Crippen molar-refractivity contribution in [1.82, 2.24) is 5.12 Å². The van der Waals surface area contributed by atoms with E-state index in [1.165, 1.54) is 12.1 Å². The van der Waals surface area contributed by atoms with Crippen LogP contribution < -0.4 is 5.73 Å². The van der Waals surface area contributed by atoms with E-state index in [1.807, 2.05) is 0 Å². The topological polar surface area (TPSA) is 70.2 Å². The molecule has 0 unspecified atom stereocenters. The fourth-order valence-corrected chi connectivity index (χ4v) is 0.803. The fraction of sp³-hybridized carbons (Fsp3) is 0. The Hall–Kier alpha value is -1.91. The highest BCUT2D eigenvalue weighted by atomic mass is 19.2. The predicted octanol–water partition coefficient (Wildman–Crippen LogP) is 0.907. The van der Waals surface area contributed by atoms with Gasteiger partial charge in [-0.25, -0.2) is 0 Å². The van der Waals surface area contributed by atoms with E-state index < -0.39 is 17.0 Å². The minimum absolute atomic E-state index is 0.153. The molecule has 0 radical (unpaired) electrons. The number of guanidine groups is 1. The first-order valence-corrected chi connectivity index (χ1v) is 3.52. The summed E-state index contributed by atoms with van der Waals surface area (Å²) in [6, 6.07) is 7.78. The van der Waals surface area contributed by atoms with Gasteiger partial charge in [0.05, 0.1) is 0 Å². The predicted molar refractivity (Wildman–Crippen MR) is 45.6 cm³/mol. The molecule has 4 nitrogen and oxygen atoms in total. The van der Waals surface area contributed by atoms with Gasteiger partial charge in [0.1, 0.15) is 0 Å². The number of amides is 1. The largest absolute Gasteiger partial charge is 0.368 e. The van der Waals surface area contributed by atoms with Crippen LogP contribution in [0.15, 0.2) is 30.3 Å². The maximum atomic E-state index is 12.7. The second kappa shape index (κ2) is 3.66. The number of carbonyl (C=O) groups is 1. The molecular formula is C8H8FN3O. The van der Waals surface area contributed by atoms with Gasteiger partial charge in [-0.15, -0.1) is 5.12 Å². The number of hydrogen-bond acceptors (Lipinski definition) is 2. The summed E-state index contributed by atoms with van der Waals surface area (Å²) in [6.07, 6.45) is 0. The number of nitrogens with one attached hydrogen (secondary N) is 1. The van der Waals surface area contributed by atoms with Gasteiger partial charge in [0.25, 0.3) is 5.91 Å². The second-order valence-corrected chi connectivity index (χ2v) is 2.34. The van der Waals surface area contributed by atoms with Crippen molar-refractivity contribution in [1.29, 1.82) is 5.41 Å². The van der Waals surface area contributed by atoms with Crippen LogP contribution in [0.2, 0.25) is 0 Å². The molecule has 0 saturated carbocycles. The minimum Gasteiger partial charge on any atom is -0.368 e. The molecule has 0 aliphatic carbocycles. The molecule has 1 aromatic rings. The number of benzene rings is 1. The van der Waals surface area contributed by atoms with Crippen molar-refractivity contribution in [3.05, 3.63) is 35.9 Å². The van der Waals surface area contributed by atoms with Crippen molar-refractivity contribution in [2.75, 3.05) is 0 Å². The van der Waals surface area contributed by atoms with Gasteiger partial charge in [-0.3, -0.25) is 10.2 Å². The molecule has 13 heavy (non-hydrogen) atoms. The van der Waals surface area contributed by atoms with E-state index in [2.05, 4.69) is 0 Å². The van der Waals surface area contributed by atoms with Crippen molar-refractivity contribution in [2.45, 2.75) is 0 Å². The van der Waals surface area contributed by atoms with E-state index >= 15 is 0 Å². The third-order valence-electron chi connectivity index (χ3n) is 1.41. The first-order chi connectivity index (χ1) is 6.13. The number of hydrogen-bond donors (Lipinski definition) is 2. The normalized spacial score (nSPS) is 9.31. The Morgan fingerprint density at radius 2 is 1.92 bits per heavy atom. The summed E-state index contributed by atoms with van der Waals surface area (Å²) >= 11 is 0. The van der Waals surface area contributed by atoms with E-state index in [9.17, 15) is 9.28 Å². The monoisotopic (exact) mass is 181 g/mol. The van der Waals surface area contributed by atoms with Crippen LogP contribution in [0.5, 0.6) is 0 Å². The highest BCUT2D eigenvalue weighted by Crippen LogP contribution is 2.03. The van der Waals surface area contributed by atoms with Gasteiger partial charge >= 0.3 is 0 Å². The SMILES string of the molecule is N=C(N)N(F)C(=O)c1ccccc1. The third kappa shape index (κ3) is 2.02. The van der Waals surface area contributed by atoms with Gasteiger partial charge in [0.2, 0.25) is 5.96 Å². The zero-order valence-electron chi connectivity index (χ0n) is 6.70. The van der Waals surface area contributed by atoms with Crippen molar-refractivity contribution in [3.8, 4) is 0 Å². The molecule has 1 aromatic carbocycles. The Bertz CT molecular complexity index is 325. The molecular weight excluding hydrogens is 173 g/mol. The Balaban J connectivity index is 2.86. The van der Waals surface area contributed by atoms with Crippen molar-refractivity contribution >= 4 is 11.9 Å². The van der Waals surface area contributed by atoms with E-state index in [-0.39, 0.29) is 5.56 Å². The van der Waals surface area contributed by atoms with Crippen LogP contribution in [0.3, 0.4) is 0 Å². The Morgan fingerprint density at radius 3 is 2.38 bits per heavy atom. The molecule has 68 valence electrons. The van der Waals surface area contributed by atoms with Crippen LogP contribution in [0.1, 0.15) is 10.4 Å². The van der Waals surface area contributed by atoms with Crippen LogP contribution in [0, 0.1) is 5.41 Å².